The lowest BCUT2D eigenvalue weighted by Gasteiger charge is -2.16. The molecule has 0 bridgehead atoms. The molecule has 3 nitrogen and oxygen atoms in total. The molecule has 0 saturated carbocycles. The first-order chi connectivity index (χ1) is 11.0. The quantitative estimate of drug-likeness (QED) is 0.860. The minimum atomic E-state index is -0.119. The molecule has 3 heteroatoms. The second-order valence-electron chi connectivity index (χ2n) is 6.21. The molecule has 23 heavy (non-hydrogen) atoms. The summed E-state index contributed by atoms with van der Waals surface area (Å²) in [7, 11) is 0. The summed E-state index contributed by atoms with van der Waals surface area (Å²) in [6.45, 7) is 8.36. The first kappa shape index (κ1) is 17.1. The fourth-order valence-corrected chi connectivity index (χ4v) is 2.32. The fourth-order valence-electron chi connectivity index (χ4n) is 2.32. The van der Waals surface area contributed by atoms with Crippen molar-refractivity contribution in [2.45, 2.75) is 39.7 Å². The SMILES string of the molecule is Cc1ccc(OCC(=O)NC(C)c2ccc(C(C)C)cc2)cc1. The third-order valence-corrected chi connectivity index (χ3v) is 3.87. The van der Waals surface area contributed by atoms with Gasteiger partial charge in [-0.2, -0.15) is 0 Å². The van der Waals surface area contributed by atoms with Crippen LogP contribution in [0.25, 0.3) is 0 Å². The summed E-state index contributed by atoms with van der Waals surface area (Å²) in [6, 6.07) is 16.0. The molecule has 0 fully saturated rings. The Hall–Kier alpha value is -2.29. The highest BCUT2D eigenvalue weighted by molar-refractivity contribution is 5.78. The highest BCUT2D eigenvalue weighted by Gasteiger charge is 2.10. The number of carbonyl (C=O) groups excluding carboxylic acids is 1. The van der Waals surface area contributed by atoms with Crippen molar-refractivity contribution < 1.29 is 9.53 Å². The van der Waals surface area contributed by atoms with Crippen LogP contribution in [0, 0.1) is 6.92 Å². The number of hydrogen-bond acceptors (Lipinski definition) is 2. The van der Waals surface area contributed by atoms with Crippen molar-refractivity contribution in [1.82, 2.24) is 5.32 Å². The lowest BCUT2D eigenvalue weighted by molar-refractivity contribution is -0.123. The van der Waals surface area contributed by atoms with E-state index in [0.29, 0.717) is 11.7 Å². The van der Waals surface area contributed by atoms with Crippen LogP contribution in [0.4, 0.5) is 0 Å². The van der Waals surface area contributed by atoms with Crippen LogP contribution in [0.15, 0.2) is 48.5 Å². The Kier molecular flexibility index (Phi) is 5.80. The van der Waals surface area contributed by atoms with E-state index in [0.717, 1.165) is 5.56 Å². The van der Waals surface area contributed by atoms with E-state index in [9.17, 15) is 4.79 Å². The van der Waals surface area contributed by atoms with Gasteiger partial charge in [0.2, 0.25) is 0 Å². The zero-order chi connectivity index (χ0) is 16.8. The molecule has 1 amide bonds. The van der Waals surface area contributed by atoms with Gasteiger partial charge in [0.15, 0.2) is 6.61 Å². The summed E-state index contributed by atoms with van der Waals surface area (Å²) in [5.41, 5.74) is 3.56. The number of ether oxygens (including phenoxy) is 1. The first-order valence-electron chi connectivity index (χ1n) is 8.04. The van der Waals surface area contributed by atoms with Crippen LogP contribution < -0.4 is 10.1 Å². The molecule has 122 valence electrons. The third kappa shape index (κ3) is 5.13. The Bertz CT molecular complexity index is 630. The molecule has 0 saturated heterocycles. The molecule has 0 aromatic heterocycles. The molecule has 0 heterocycles. The van der Waals surface area contributed by atoms with Crippen LogP contribution in [-0.4, -0.2) is 12.5 Å². The summed E-state index contributed by atoms with van der Waals surface area (Å²) in [4.78, 5) is 12.0. The van der Waals surface area contributed by atoms with Gasteiger partial charge in [-0.3, -0.25) is 4.79 Å². The van der Waals surface area contributed by atoms with Crippen LogP contribution in [0.5, 0.6) is 5.75 Å². The van der Waals surface area contributed by atoms with Gasteiger partial charge in [0.05, 0.1) is 6.04 Å². The minimum Gasteiger partial charge on any atom is -0.484 e. The van der Waals surface area contributed by atoms with Gasteiger partial charge in [-0.05, 0) is 43.0 Å². The zero-order valence-electron chi connectivity index (χ0n) is 14.3. The maximum absolute atomic E-state index is 12.0. The Morgan fingerprint density at radius 3 is 2.09 bits per heavy atom. The van der Waals surface area contributed by atoms with Crippen molar-refractivity contribution in [3.8, 4) is 5.75 Å². The van der Waals surface area contributed by atoms with E-state index in [-0.39, 0.29) is 18.6 Å². The van der Waals surface area contributed by atoms with Crippen molar-refractivity contribution in [3.63, 3.8) is 0 Å². The number of nitrogens with one attached hydrogen (secondary N) is 1. The number of carbonyl (C=O) groups is 1. The number of rotatable bonds is 6. The van der Waals surface area contributed by atoms with E-state index in [2.05, 4.69) is 43.4 Å². The summed E-state index contributed by atoms with van der Waals surface area (Å²) < 4.78 is 5.50. The lowest BCUT2D eigenvalue weighted by Crippen LogP contribution is -2.31. The minimum absolute atomic E-state index is 0.0253. The van der Waals surface area contributed by atoms with Gasteiger partial charge in [-0.1, -0.05) is 55.8 Å². The Balaban J connectivity index is 1.85. The van der Waals surface area contributed by atoms with Gasteiger partial charge in [0.25, 0.3) is 5.91 Å². The summed E-state index contributed by atoms with van der Waals surface area (Å²) in [5.74, 6) is 1.10. The van der Waals surface area contributed by atoms with Crippen molar-refractivity contribution in [3.05, 3.63) is 65.2 Å². The highest BCUT2D eigenvalue weighted by atomic mass is 16.5. The fraction of sp³-hybridized carbons (Fsp3) is 0.350. The zero-order valence-corrected chi connectivity index (χ0v) is 14.3. The van der Waals surface area contributed by atoms with Gasteiger partial charge in [0, 0.05) is 0 Å². The summed E-state index contributed by atoms with van der Waals surface area (Å²) in [5, 5.41) is 2.96. The Labute approximate surface area is 138 Å². The van der Waals surface area contributed by atoms with Crippen LogP contribution in [0.2, 0.25) is 0 Å². The van der Waals surface area contributed by atoms with Crippen molar-refractivity contribution in [2.75, 3.05) is 6.61 Å². The molecule has 2 aromatic rings. The lowest BCUT2D eigenvalue weighted by atomic mass is 9.99. The van der Waals surface area contributed by atoms with Crippen molar-refractivity contribution in [2.24, 2.45) is 0 Å². The van der Waals surface area contributed by atoms with E-state index in [1.807, 2.05) is 38.1 Å². The maximum atomic E-state index is 12.0. The molecule has 0 aliphatic rings. The molecule has 2 aromatic carbocycles. The van der Waals surface area contributed by atoms with E-state index < -0.39 is 0 Å². The van der Waals surface area contributed by atoms with Crippen LogP contribution in [0.3, 0.4) is 0 Å². The normalized spacial score (nSPS) is 12.0. The van der Waals surface area contributed by atoms with Crippen LogP contribution in [-0.2, 0) is 4.79 Å². The number of benzene rings is 2. The Morgan fingerprint density at radius 1 is 0.957 bits per heavy atom. The van der Waals surface area contributed by atoms with Crippen molar-refractivity contribution in [1.29, 1.82) is 0 Å². The molecule has 0 spiro atoms. The van der Waals surface area contributed by atoms with E-state index >= 15 is 0 Å². The van der Waals surface area contributed by atoms with Gasteiger partial charge in [-0.15, -0.1) is 0 Å². The Morgan fingerprint density at radius 2 is 1.52 bits per heavy atom. The average molecular weight is 311 g/mol. The predicted molar refractivity (Wildman–Crippen MR) is 93.8 cm³/mol. The second-order valence-corrected chi connectivity index (χ2v) is 6.21. The van der Waals surface area contributed by atoms with Gasteiger partial charge < -0.3 is 10.1 Å². The molecule has 1 unspecified atom stereocenters. The number of hydrogen-bond donors (Lipinski definition) is 1. The van der Waals surface area contributed by atoms with E-state index in [1.54, 1.807) is 0 Å². The predicted octanol–water partition coefficient (Wildman–Crippen LogP) is 4.37. The summed E-state index contributed by atoms with van der Waals surface area (Å²) >= 11 is 0. The molecule has 1 N–H and O–H groups in total. The van der Waals surface area contributed by atoms with Gasteiger partial charge in [0.1, 0.15) is 5.75 Å². The monoisotopic (exact) mass is 311 g/mol. The molecule has 0 radical (unpaired) electrons. The van der Waals surface area contributed by atoms with Gasteiger partial charge >= 0.3 is 0 Å². The largest absolute Gasteiger partial charge is 0.484 e. The molecule has 0 aliphatic carbocycles. The smallest absolute Gasteiger partial charge is 0.258 e. The highest BCUT2D eigenvalue weighted by Crippen LogP contribution is 2.18. The molecular weight excluding hydrogens is 286 g/mol. The molecular formula is C20H25NO2. The maximum Gasteiger partial charge on any atom is 0.258 e. The number of amides is 1. The molecule has 0 aliphatic heterocycles. The topological polar surface area (TPSA) is 38.3 Å². The second kappa shape index (κ2) is 7.82. The summed E-state index contributed by atoms with van der Waals surface area (Å²) in [6.07, 6.45) is 0. The third-order valence-electron chi connectivity index (χ3n) is 3.87. The van der Waals surface area contributed by atoms with E-state index in [4.69, 9.17) is 4.74 Å². The standard InChI is InChI=1S/C20H25NO2/c1-14(2)17-7-9-18(10-8-17)16(4)21-20(22)13-23-19-11-5-15(3)6-12-19/h5-12,14,16H,13H2,1-4H3,(H,21,22). The number of aryl methyl sites for hydroxylation is 1. The first-order valence-corrected chi connectivity index (χ1v) is 8.04. The average Bonchev–Trinajstić information content (AvgIpc) is 2.54. The van der Waals surface area contributed by atoms with Crippen LogP contribution in [0.1, 0.15) is 49.4 Å². The molecule has 2 rings (SSSR count). The van der Waals surface area contributed by atoms with E-state index in [1.165, 1.54) is 11.1 Å². The molecule has 1 atom stereocenters. The van der Waals surface area contributed by atoms with Crippen molar-refractivity contribution >= 4 is 5.91 Å². The van der Waals surface area contributed by atoms with Gasteiger partial charge in [-0.25, -0.2) is 0 Å². The van der Waals surface area contributed by atoms with Crippen LogP contribution >= 0.6 is 0 Å².